The summed E-state index contributed by atoms with van der Waals surface area (Å²) in [5, 5.41) is 2.72. The number of nitrogens with one attached hydrogen (secondary N) is 1. The number of hydrogen-bond acceptors (Lipinski definition) is 2. The fourth-order valence-corrected chi connectivity index (χ4v) is 1.58. The summed E-state index contributed by atoms with van der Waals surface area (Å²) in [5.74, 6) is -0.0110. The predicted molar refractivity (Wildman–Crippen MR) is 43.1 cm³/mol. The fourth-order valence-electron chi connectivity index (χ4n) is 1.11. The number of amides is 1. The Morgan fingerprint density at radius 3 is 3.18 bits per heavy atom. The maximum atomic E-state index is 11.1. The standard InChI is InChI=1S/C7H5BrN2O/c8-6-5-3-10-7(11)4(5)1-2-9-6/h1-2H,3H2,(H,10,11). The smallest absolute Gasteiger partial charge is 0.252 e. The maximum Gasteiger partial charge on any atom is 0.252 e. The van der Waals surface area contributed by atoms with Gasteiger partial charge in [-0.2, -0.15) is 0 Å². The summed E-state index contributed by atoms with van der Waals surface area (Å²) in [6.45, 7) is 0.586. The van der Waals surface area contributed by atoms with Crippen molar-refractivity contribution in [2.45, 2.75) is 6.54 Å². The molecule has 0 spiro atoms. The van der Waals surface area contributed by atoms with Gasteiger partial charge in [-0.3, -0.25) is 4.79 Å². The molecule has 1 aliphatic heterocycles. The Kier molecular flexibility index (Phi) is 1.42. The fraction of sp³-hybridized carbons (Fsp3) is 0.143. The van der Waals surface area contributed by atoms with Crippen molar-refractivity contribution in [1.82, 2.24) is 10.3 Å². The van der Waals surface area contributed by atoms with E-state index >= 15 is 0 Å². The highest BCUT2D eigenvalue weighted by Gasteiger charge is 2.20. The molecule has 2 heterocycles. The molecule has 0 aliphatic carbocycles. The van der Waals surface area contributed by atoms with Crippen molar-refractivity contribution < 1.29 is 4.79 Å². The van der Waals surface area contributed by atoms with Crippen LogP contribution in [0.15, 0.2) is 16.9 Å². The maximum absolute atomic E-state index is 11.1. The highest BCUT2D eigenvalue weighted by Crippen LogP contribution is 2.21. The SMILES string of the molecule is O=C1NCc2c1ccnc2Br. The normalized spacial score (nSPS) is 14.5. The average molecular weight is 213 g/mol. The third kappa shape index (κ3) is 0.939. The second-order valence-electron chi connectivity index (χ2n) is 2.31. The van der Waals surface area contributed by atoms with Crippen molar-refractivity contribution in [3.8, 4) is 0 Å². The van der Waals surface area contributed by atoms with Gasteiger partial charge in [-0.05, 0) is 22.0 Å². The molecule has 0 atom stereocenters. The number of carbonyl (C=O) groups is 1. The Morgan fingerprint density at radius 1 is 1.64 bits per heavy atom. The first-order valence-corrected chi connectivity index (χ1v) is 4.00. The molecule has 0 radical (unpaired) electrons. The molecule has 2 rings (SSSR count). The topological polar surface area (TPSA) is 42.0 Å². The van der Waals surface area contributed by atoms with Crippen LogP contribution in [0.4, 0.5) is 0 Å². The Balaban J connectivity index is 2.66. The van der Waals surface area contributed by atoms with Gasteiger partial charge in [-0.25, -0.2) is 4.98 Å². The van der Waals surface area contributed by atoms with Crippen LogP contribution in [0.1, 0.15) is 15.9 Å². The molecule has 1 aliphatic rings. The molecule has 1 amide bonds. The first-order valence-electron chi connectivity index (χ1n) is 3.20. The van der Waals surface area contributed by atoms with Crippen LogP contribution in [0.3, 0.4) is 0 Å². The van der Waals surface area contributed by atoms with Gasteiger partial charge < -0.3 is 5.32 Å². The molecular weight excluding hydrogens is 208 g/mol. The van der Waals surface area contributed by atoms with Crippen molar-refractivity contribution in [3.63, 3.8) is 0 Å². The van der Waals surface area contributed by atoms with Crippen LogP contribution in [-0.2, 0) is 6.54 Å². The van der Waals surface area contributed by atoms with Gasteiger partial charge in [0, 0.05) is 23.9 Å². The van der Waals surface area contributed by atoms with Crippen molar-refractivity contribution in [3.05, 3.63) is 28.0 Å². The van der Waals surface area contributed by atoms with Gasteiger partial charge in [0.15, 0.2) is 0 Å². The van der Waals surface area contributed by atoms with E-state index in [1.807, 2.05) is 0 Å². The number of fused-ring (bicyclic) bond motifs is 1. The van der Waals surface area contributed by atoms with Crippen LogP contribution in [0.25, 0.3) is 0 Å². The number of pyridine rings is 1. The molecule has 1 N–H and O–H groups in total. The number of aromatic nitrogens is 1. The number of hydrogen-bond donors (Lipinski definition) is 1. The summed E-state index contributed by atoms with van der Waals surface area (Å²) in [6, 6.07) is 1.72. The van der Waals surface area contributed by atoms with Gasteiger partial charge in [0.1, 0.15) is 4.60 Å². The first kappa shape index (κ1) is 6.79. The van der Waals surface area contributed by atoms with E-state index in [4.69, 9.17) is 0 Å². The Bertz CT molecular complexity index is 324. The molecule has 0 aromatic carbocycles. The highest BCUT2D eigenvalue weighted by molar-refractivity contribution is 9.10. The van der Waals surface area contributed by atoms with E-state index in [0.717, 1.165) is 15.7 Å². The molecule has 0 saturated heterocycles. The minimum atomic E-state index is -0.0110. The van der Waals surface area contributed by atoms with Crippen LogP contribution < -0.4 is 5.32 Å². The van der Waals surface area contributed by atoms with Gasteiger partial charge in [0.2, 0.25) is 0 Å². The van der Waals surface area contributed by atoms with E-state index in [9.17, 15) is 4.79 Å². The molecule has 4 heteroatoms. The lowest BCUT2D eigenvalue weighted by Crippen LogP contribution is -2.12. The molecule has 0 unspecified atom stereocenters. The van der Waals surface area contributed by atoms with Gasteiger partial charge in [0.25, 0.3) is 5.91 Å². The Hall–Kier alpha value is -0.900. The van der Waals surface area contributed by atoms with Crippen LogP contribution in [0.5, 0.6) is 0 Å². The van der Waals surface area contributed by atoms with E-state index in [2.05, 4.69) is 26.2 Å². The molecule has 0 fully saturated rings. The third-order valence-corrected chi connectivity index (χ3v) is 2.36. The lowest BCUT2D eigenvalue weighted by atomic mass is 10.2. The van der Waals surface area contributed by atoms with Gasteiger partial charge >= 0.3 is 0 Å². The molecule has 11 heavy (non-hydrogen) atoms. The van der Waals surface area contributed by atoms with E-state index in [-0.39, 0.29) is 5.91 Å². The molecule has 0 bridgehead atoms. The van der Waals surface area contributed by atoms with Crippen LogP contribution in [0.2, 0.25) is 0 Å². The van der Waals surface area contributed by atoms with Gasteiger partial charge in [0.05, 0.1) is 0 Å². The lowest BCUT2D eigenvalue weighted by Gasteiger charge is -1.95. The van der Waals surface area contributed by atoms with Crippen molar-refractivity contribution in [2.24, 2.45) is 0 Å². The largest absolute Gasteiger partial charge is 0.348 e. The number of rotatable bonds is 0. The zero-order valence-corrected chi connectivity index (χ0v) is 7.18. The van der Waals surface area contributed by atoms with E-state index < -0.39 is 0 Å². The second kappa shape index (κ2) is 2.30. The lowest BCUT2D eigenvalue weighted by molar-refractivity contribution is 0.0966. The van der Waals surface area contributed by atoms with E-state index in [1.54, 1.807) is 12.3 Å². The molecule has 3 nitrogen and oxygen atoms in total. The Morgan fingerprint density at radius 2 is 2.45 bits per heavy atom. The van der Waals surface area contributed by atoms with Crippen molar-refractivity contribution in [1.29, 1.82) is 0 Å². The molecular formula is C7H5BrN2O. The molecule has 0 saturated carbocycles. The van der Waals surface area contributed by atoms with Crippen LogP contribution in [0, 0.1) is 0 Å². The van der Waals surface area contributed by atoms with Crippen LogP contribution in [-0.4, -0.2) is 10.9 Å². The highest BCUT2D eigenvalue weighted by atomic mass is 79.9. The monoisotopic (exact) mass is 212 g/mol. The average Bonchev–Trinajstić information content (AvgIpc) is 2.35. The zero-order valence-electron chi connectivity index (χ0n) is 5.60. The minimum Gasteiger partial charge on any atom is -0.348 e. The quantitative estimate of drug-likeness (QED) is 0.655. The van der Waals surface area contributed by atoms with E-state index in [0.29, 0.717) is 6.54 Å². The zero-order chi connectivity index (χ0) is 7.84. The minimum absolute atomic E-state index is 0.0110. The third-order valence-electron chi connectivity index (χ3n) is 1.67. The summed E-state index contributed by atoms with van der Waals surface area (Å²) in [4.78, 5) is 15.1. The summed E-state index contributed by atoms with van der Waals surface area (Å²) in [6.07, 6.45) is 1.62. The van der Waals surface area contributed by atoms with Crippen molar-refractivity contribution >= 4 is 21.8 Å². The van der Waals surface area contributed by atoms with Crippen molar-refractivity contribution in [2.75, 3.05) is 0 Å². The molecule has 56 valence electrons. The van der Waals surface area contributed by atoms with E-state index in [1.165, 1.54) is 0 Å². The summed E-state index contributed by atoms with van der Waals surface area (Å²) >= 11 is 3.27. The number of carbonyl (C=O) groups excluding carboxylic acids is 1. The number of nitrogens with zero attached hydrogens (tertiary/aromatic N) is 1. The summed E-state index contributed by atoms with van der Waals surface area (Å²) in [7, 11) is 0. The molecule has 1 aromatic heterocycles. The second-order valence-corrected chi connectivity index (χ2v) is 3.06. The van der Waals surface area contributed by atoms with Crippen LogP contribution >= 0.6 is 15.9 Å². The summed E-state index contributed by atoms with van der Waals surface area (Å²) in [5.41, 5.74) is 1.68. The van der Waals surface area contributed by atoms with Gasteiger partial charge in [-0.15, -0.1) is 0 Å². The Labute approximate surface area is 72.0 Å². The molecule has 1 aromatic rings. The first-order chi connectivity index (χ1) is 5.29. The number of halogens is 1. The summed E-state index contributed by atoms with van der Waals surface area (Å²) < 4.78 is 0.758. The van der Waals surface area contributed by atoms with Gasteiger partial charge in [-0.1, -0.05) is 0 Å². The predicted octanol–water partition coefficient (Wildman–Crippen LogP) is 1.09.